The van der Waals surface area contributed by atoms with E-state index in [9.17, 15) is 4.79 Å². The van der Waals surface area contributed by atoms with Crippen LogP contribution in [0.2, 0.25) is 0 Å². The van der Waals surface area contributed by atoms with Gasteiger partial charge in [-0.15, -0.1) is 0 Å². The van der Waals surface area contributed by atoms with E-state index in [0.29, 0.717) is 6.42 Å². The third-order valence-corrected chi connectivity index (χ3v) is 3.50. The summed E-state index contributed by atoms with van der Waals surface area (Å²) < 4.78 is 0. The van der Waals surface area contributed by atoms with Crippen molar-refractivity contribution in [2.24, 2.45) is 0 Å². The van der Waals surface area contributed by atoms with Gasteiger partial charge in [-0.2, -0.15) is 0 Å². The van der Waals surface area contributed by atoms with Crippen LogP contribution in [0.4, 0.5) is 11.4 Å². The molecular formula is C17H20N2O. The second kappa shape index (κ2) is 5.78. The van der Waals surface area contributed by atoms with Gasteiger partial charge in [0, 0.05) is 11.4 Å². The van der Waals surface area contributed by atoms with Crippen LogP contribution in [0, 0.1) is 20.8 Å². The highest BCUT2D eigenvalue weighted by molar-refractivity contribution is 5.93. The molecule has 0 saturated heterocycles. The van der Waals surface area contributed by atoms with Gasteiger partial charge in [-0.1, -0.05) is 24.3 Å². The van der Waals surface area contributed by atoms with Gasteiger partial charge in [0.15, 0.2) is 0 Å². The van der Waals surface area contributed by atoms with Crippen molar-refractivity contribution >= 4 is 17.3 Å². The molecule has 0 saturated carbocycles. The molecule has 3 nitrogen and oxygen atoms in total. The second-order valence-corrected chi connectivity index (χ2v) is 5.18. The molecule has 104 valence electrons. The zero-order valence-corrected chi connectivity index (χ0v) is 12.2. The van der Waals surface area contributed by atoms with E-state index in [2.05, 4.69) is 5.32 Å². The molecule has 0 aliphatic heterocycles. The fourth-order valence-corrected chi connectivity index (χ4v) is 2.15. The van der Waals surface area contributed by atoms with Crippen LogP contribution < -0.4 is 11.1 Å². The summed E-state index contributed by atoms with van der Waals surface area (Å²) in [6.07, 6.45) is 0.384. The topological polar surface area (TPSA) is 55.1 Å². The Morgan fingerprint density at radius 3 is 2.45 bits per heavy atom. The Labute approximate surface area is 119 Å². The summed E-state index contributed by atoms with van der Waals surface area (Å²) in [6, 6.07) is 11.7. The molecule has 20 heavy (non-hydrogen) atoms. The van der Waals surface area contributed by atoms with Crippen molar-refractivity contribution in [3.05, 3.63) is 58.7 Å². The Bertz CT molecular complexity index is 647. The number of nitrogens with one attached hydrogen (secondary N) is 1. The molecule has 3 N–H and O–H groups in total. The number of benzene rings is 2. The van der Waals surface area contributed by atoms with E-state index in [1.54, 1.807) is 0 Å². The van der Waals surface area contributed by atoms with Crippen LogP contribution in [-0.2, 0) is 11.2 Å². The largest absolute Gasteiger partial charge is 0.399 e. The summed E-state index contributed by atoms with van der Waals surface area (Å²) in [5.41, 5.74) is 11.6. The Kier molecular flexibility index (Phi) is 4.08. The van der Waals surface area contributed by atoms with Gasteiger partial charge in [0.05, 0.1) is 6.42 Å². The lowest BCUT2D eigenvalue weighted by Crippen LogP contribution is -2.16. The molecule has 0 spiro atoms. The maximum Gasteiger partial charge on any atom is 0.228 e. The van der Waals surface area contributed by atoms with Crippen molar-refractivity contribution in [1.82, 2.24) is 0 Å². The zero-order valence-electron chi connectivity index (χ0n) is 12.2. The first-order valence-corrected chi connectivity index (χ1v) is 6.68. The van der Waals surface area contributed by atoms with Gasteiger partial charge in [0.2, 0.25) is 5.91 Å². The van der Waals surface area contributed by atoms with E-state index in [-0.39, 0.29) is 5.91 Å². The molecule has 2 rings (SSSR count). The summed E-state index contributed by atoms with van der Waals surface area (Å²) in [4.78, 5) is 12.1. The maximum atomic E-state index is 12.1. The van der Waals surface area contributed by atoms with Gasteiger partial charge in [-0.25, -0.2) is 0 Å². The summed E-state index contributed by atoms with van der Waals surface area (Å²) >= 11 is 0. The highest BCUT2D eigenvalue weighted by Crippen LogP contribution is 2.22. The average Bonchev–Trinajstić information content (AvgIpc) is 2.39. The SMILES string of the molecule is Cc1cc(NC(=O)Cc2ccccc2C)c(C)cc1N. The lowest BCUT2D eigenvalue weighted by Gasteiger charge is -2.12. The third kappa shape index (κ3) is 3.18. The summed E-state index contributed by atoms with van der Waals surface area (Å²) in [5, 5.41) is 2.96. The molecule has 0 fully saturated rings. The summed E-state index contributed by atoms with van der Waals surface area (Å²) in [5.74, 6) is -0.00780. The van der Waals surface area contributed by atoms with E-state index in [1.807, 2.05) is 57.2 Å². The highest BCUT2D eigenvalue weighted by Gasteiger charge is 2.08. The number of amides is 1. The molecule has 0 aliphatic carbocycles. The highest BCUT2D eigenvalue weighted by atomic mass is 16.1. The minimum absolute atomic E-state index is 0.00780. The predicted octanol–water partition coefficient (Wildman–Crippen LogP) is 3.38. The maximum absolute atomic E-state index is 12.1. The lowest BCUT2D eigenvalue weighted by molar-refractivity contribution is -0.115. The van der Waals surface area contributed by atoms with E-state index in [1.165, 1.54) is 0 Å². The molecular weight excluding hydrogens is 248 g/mol. The number of rotatable bonds is 3. The minimum atomic E-state index is -0.00780. The molecule has 0 radical (unpaired) electrons. The van der Waals surface area contributed by atoms with Gasteiger partial charge in [0.25, 0.3) is 0 Å². The molecule has 0 aromatic heterocycles. The summed E-state index contributed by atoms with van der Waals surface area (Å²) in [6.45, 7) is 5.90. The normalized spacial score (nSPS) is 10.3. The number of carbonyl (C=O) groups is 1. The molecule has 1 amide bonds. The molecule has 0 unspecified atom stereocenters. The van der Waals surface area contributed by atoms with Gasteiger partial charge < -0.3 is 11.1 Å². The van der Waals surface area contributed by atoms with Gasteiger partial charge in [0.1, 0.15) is 0 Å². The smallest absolute Gasteiger partial charge is 0.228 e. The molecule has 3 heteroatoms. The number of nitrogen functional groups attached to an aromatic ring is 1. The summed E-state index contributed by atoms with van der Waals surface area (Å²) in [7, 11) is 0. The van der Waals surface area contributed by atoms with Crippen LogP contribution in [0.15, 0.2) is 36.4 Å². The number of aryl methyl sites for hydroxylation is 3. The van der Waals surface area contributed by atoms with E-state index < -0.39 is 0 Å². The monoisotopic (exact) mass is 268 g/mol. The quantitative estimate of drug-likeness (QED) is 0.838. The molecule has 2 aromatic rings. The second-order valence-electron chi connectivity index (χ2n) is 5.18. The first-order chi connectivity index (χ1) is 9.47. The van der Waals surface area contributed by atoms with Crippen LogP contribution in [0.1, 0.15) is 22.3 Å². The van der Waals surface area contributed by atoms with E-state index in [0.717, 1.165) is 33.6 Å². The van der Waals surface area contributed by atoms with Crippen molar-refractivity contribution in [3.63, 3.8) is 0 Å². The molecule has 0 bridgehead atoms. The number of nitrogens with two attached hydrogens (primary N) is 1. The van der Waals surface area contributed by atoms with Crippen LogP contribution in [0.25, 0.3) is 0 Å². The van der Waals surface area contributed by atoms with Crippen LogP contribution in [0.3, 0.4) is 0 Å². The average molecular weight is 268 g/mol. The van der Waals surface area contributed by atoms with E-state index >= 15 is 0 Å². The van der Waals surface area contributed by atoms with Crippen molar-refractivity contribution in [2.45, 2.75) is 27.2 Å². The van der Waals surface area contributed by atoms with Crippen molar-refractivity contribution in [1.29, 1.82) is 0 Å². The van der Waals surface area contributed by atoms with Gasteiger partial charge in [-0.3, -0.25) is 4.79 Å². The third-order valence-electron chi connectivity index (χ3n) is 3.50. The van der Waals surface area contributed by atoms with Crippen molar-refractivity contribution in [2.75, 3.05) is 11.1 Å². The number of hydrogen-bond acceptors (Lipinski definition) is 2. The van der Waals surface area contributed by atoms with Crippen LogP contribution in [-0.4, -0.2) is 5.91 Å². The number of hydrogen-bond donors (Lipinski definition) is 2. The molecule has 0 aliphatic rings. The van der Waals surface area contributed by atoms with Crippen LogP contribution >= 0.6 is 0 Å². The lowest BCUT2D eigenvalue weighted by atomic mass is 10.0. The first-order valence-electron chi connectivity index (χ1n) is 6.68. The standard InChI is InChI=1S/C17H20N2O/c1-11-6-4-5-7-14(11)10-17(20)19-16-9-12(2)15(18)8-13(16)3/h4-9H,10,18H2,1-3H3,(H,19,20). The fraction of sp³-hybridized carbons (Fsp3) is 0.235. The first kappa shape index (κ1) is 14.1. The van der Waals surface area contributed by atoms with Crippen molar-refractivity contribution in [3.8, 4) is 0 Å². The molecule has 0 atom stereocenters. The molecule has 0 heterocycles. The van der Waals surface area contributed by atoms with Crippen molar-refractivity contribution < 1.29 is 4.79 Å². The Hall–Kier alpha value is -2.29. The Morgan fingerprint density at radius 2 is 1.75 bits per heavy atom. The number of anilines is 2. The van der Waals surface area contributed by atoms with Gasteiger partial charge >= 0.3 is 0 Å². The minimum Gasteiger partial charge on any atom is -0.399 e. The zero-order chi connectivity index (χ0) is 14.7. The van der Waals surface area contributed by atoms with Gasteiger partial charge in [-0.05, 0) is 55.2 Å². The van der Waals surface area contributed by atoms with Crippen LogP contribution in [0.5, 0.6) is 0 Å². The Balaban J connectivity index is 2.13. The number of carbonyl (C=O) groups excluding carboxylic acids is 1. The predicted molar refractivity (Wildman–Crippen MR) is 83.8 cm³/mol. The fourth-order valence-electron chi connectivity index (χ4n) is 2.15. The Morgan fingerprint density at radius 1 is 1.05 bits per heavy atom. The van der Waals surface area contributed by atoms with E-state index in [4.69, 9.17) is 5.73 Å². The molecule has 2 aromatic carbocycles.